The predicted molar refractivity (Wildman–Crippen MR) is 84.3 cm³/mol. The summed E-state index contributed by atoms with van der Waals surface area (Å²) in [5, 5.41) is 0. The van der Waals surface area contributed by atoms with Gasteiger partial charge in [-0.05, 0) is 18.4 Å². The Morgan fingerprint density at radius 1 is 1.39 bits per heavy atom. The first-order valence-corrected chi connectivity index (χ1v) is 8.17. The molecule has 3 heterocycles. The van der Waals surface area contributed by atoms with E-state index in [9.17, 15) is 9.59 Å². The standard InChI is InChI=1S/C16H20N4O3/c21-15(11-7-13-14(17-8-11)19-16(22)18-13)20-4-5-23-9-12(20)6-10-2-1-3-10/h7-8,10,12H,1-6,9H2,(H2,17,18,19,22). The largest absolute Gasteiger partial charge is 0.377 e. The number of carbonyl (C=O) groups is 1. The minimum Gasteiger partial charge on any atom is -0.377 e. The summed E-state index contributed by atoms with van der Waals surface area (Å²) in [4.78, 5) is 35.5. The van der Waals surface area contributed by atoms with E-state index in [0.717, 1.165) is 12.3 Å². The molecule has 1 saturated carbocycles. The van der Waals surface area contributed by atoms with Gasteiger partial charge in [0.15, 0.2) is 5.65 Å². The summed E-state index contributed by atoms with van der Waals surface area (Å²) in [7, 11) is 0. The number of imidazole rings is 1. The number of aromatic nitrogens is 3. The Bertz CT molecular complexity index is 777. The first-order valence-electron chi connectivity index (χ1n) is 8.17. The fourth-order valence-corrected chi connectivity index (χ4v) is 3.43. The quantitative estimate of drug-likeness (QED) is 0.892. The van der Waals surface area contributed by atoms with Crippen molar-refractivity contribution in [2.24, 2.45) is 5.92 Å². The van der Waals surface area contributed by atoms with Crippen LogP contribution in [0.5, 0.6) is 0 Å². The predicted octanol–water partition coefficient (Wildman–Crippen LogP) is 1.28. The second-order valence-corrected chi connectivity index (χ2v) is 6.46. The summed E-state index contributed by atoms with van der Waals surface area (Å²) < 4.78 is 5.58. The van der Waals surface area contributed by atoms with E-state index in [-0.39, 0.29) is 17.6 Å². The number of ether oxygens (including phenoxy) is 1. The molecule has 1 unspecified atom stereocenters. The third-order valence-electron chi connectivity index (χ3n) is 4.93. The lowest BCUT2D eigenvalue weighted by molar-refractivity contribution is -0.0124. The van der Waals surface area contributed by atoms with Crippen molar-refractivity contribution in [3.63, 3.8) is 0 Å². The average Bonchev–Trinajstić information content (AvgIpc) is 2.89. The van der Waals surface area contributed by atoms with E-state index >= 15 is 0 Å². The molecule has 1 aliphatic carbocycles. The van der Waals surface area contributed by atoms with Gasteiger partial charge in [-0.15, -0.1) is 0 Å². The summed E-state index contributed by atoms with van der Waals surface area (Å²) in [6.45, 7) is 1.79. The first kappa shape index (κ1) is 14.4. The third-order valence-corrected chi connectivity index (χ3v) is 4.93. The minimum atomic E-state index is -0.314. The van der Waals surface area contributed by atoms with Crippen molar-refractivity contribution >= 4 is 17.1 Å². The molecule has 2 aromatic heterocycles. The number of morpholine rings is 1. The zero-order chi connectivity index (χ0) is 15.8. The van der Waals surface area contributed by atoms with Crippen molar-refractivity contribution in [1.82, 2.24) is 19.9 Å². The van der Waals surface area contributed by atoms with E-state index in [0.29, 0.717) is 36.5 Å². The Morgan fingerprint density at radius 2 is 2.26 bits per heavy atom. The Balaban J connectivity index is 1.57. The van der Waals surface area contributed by atoms with Crippen LogP contribution in [0.15, 0.2) is 17.1 Å². The van der Waals surface area contributed by atoms with Gasteiger partial charge < -0.3 is 14.6 Å². The van der Waals surface area contributed by atoms with Crippen LogP contribution in [0.4, 0.5) is 0 Å². The Hall–Kier alpha value is -2.15. The number of hydrogen-bond donors (Lipinski definition) is 2. The molecule has 7 nitrogen and oxygen atoms in total. The number of H-pyrrole nitrogens is 2. The number of amides is 1. The second kappa shape index (κ2) is 5.81. The monoisotopic (exact) mass is 316 g/mol. The molecule has 0 spiro atoms. The van der Waals surface area contributed by atoms with Crippen molar-refractivity contribution < 1.29 is 9.53 Å². The van der Waals surface area contributed by atoms with Crippen LogP contribution in [0.1, 0.15) is 36.0 Å². The van der Waals surface area contributed by atoms with E-state index < -0.39 is 0 Å². The maximum atomic E-state index is 12.9. The lowest BCUT2D eigenvalue weighted by Crippen LogP contribution is -2.49. The first-order chi connectivity index (χ1) is 11.2. The van der Waals surface area contributed by atoms with Gasteiger partial charge in [0.25, 0.3) is 5.91 Å². The molecule has 1 saturated heterocycles. The minimum absolute atomic E-state index is 0.0333. The number of rotatable bonds is 3. The summed E-state index contributed by atoms with van der Waals surface area (Å²) >= 11 is 0. The highest BCUT2D eigenvalue weighted by atomic mass is 16.5. The van der Waals surface area contributed by atoms with Crippen LogP contribution in [0.3, 0.4) is 0 Å². The second-order valence-electron chi connectivity index (χ2n) is 6.46. The molecule has 23 heavy (non-hydrogen) atoms. The fourth-order valence-electron chi connectivity index (χ4n) is 3.43. The number of aromatic amines is 2. The third kappa shape index (κ3) is 2.76. The summed E-state index contributed by atoms with van der Waals surface area (Å²) in [5.41, 5.74) is 1.23. The maximum Gasteiger partial charge on any atom is 0.325 e. The lowest BCUT2D eigenvalue weighted by Gasteiger charge is -2.39. The molecule has 4 rings (SSSR count). The molecule has 2 aromatic rings. The lowest BCUT2D eigenvalue weighted by atomic mass is 9.80. The molecule has 0 radical (unpaired) electrons. The molecule has 0 aromatic carbocycles. The highest BCUT2D eigenvalue weighted by Crippen LogP contribution is 2.32. The molecule has 2 N–H and O–H groups in total. The molecule has 7 heteroatoms. The van der Waals surface area contributed by atoms with E-state index in [1.807, 2.05) is 4.90 Å². The van der Waals surface area contributed by atoms with E-state index in [2.05, 4.69) is 15.0 Å². The van der Waals surface area contributed by atoms with Gasteiger partial charge in [0.2, 0.25) is 0 Å². The van der Waals surface area contributed by atoms with E-state index in [1.54, 1.807) is 6.07 Å². The van der Waals surface area contributed by atoms with Crippen molar-refractivity contribution in [1.29, 1.82) is 0 Å². The number of nitrogens with one attached hydrogen (secondary N) is 2. The molecular weight excluding hydrogens is 296 g/mol. The maximum absolute atomic E-state index is 12.9. The van der Waals surface area contributed by atoms with Gasteiger partial charge in [-0.1, -0.05) is 19.3 Å². The van der Waals surface area contributed by atoms with Gasteiger partial charge in [-0.3, -0.25) is 9.78 Å². The van der Waals surface area contributed by atoms with Crippen molar-refractivity contribution in [3.8, 4) is 0 Å². The SMILES string of the molecule is O=C(c1cnc2[nH]c(=O)[nH]c2c1)N1CCOCC1CC1CCC1. The van der Waals surface area contributed by atoms with E-state index in [1.165, 1.54) is 25.5 Å². The summed E-state index contributed by atoms with van der Waals surface area (Å²) in [6.07, 6.45) is 6.37. The summed E-state index contributed by atoms with van der Waals surface area (Å²) in [5.74, 6) is 0.688. The Kier molecular flexibility index (Phi) is 3.65. The van der Waals surface area contributed by atoms with Gasteiger partial charge >= 0.3 is 5.69 Å². The van der Waals surface area contributed by atoms with Crippen LogP contribution in [-0.2, 0) is 4.74 Å². The van der Waals surface area contributed by atoms with Crippen molar-refractivity contribution in [2.75, 3.05) is 19.8 Å². The van der Waals surface area contributed by atoms with Crippen LogP contribution >= 0.6 is 0 Å². The normalized spacial score (nSPS) is 22.3. The zero-order valence-corrected chi connectivity index (χ0v) is 12.9. The number of fused-ring (bicyclic) bond motifs is 1. The number of nitrogens with zero attached hydrogens (tertiary/aromatic N) is 2. The van der Waals surface area contributed by atoms with Crippen LogP contribution in [0, 0.1) is 5.92 Å². The highest BCUT2D eigenvalue weighted by molar-refractivity contribution is 5.96. The van der Waals surface area contributed by atoms with Crippen LogP contribution in [-0.4, -0.2) is 51.6 Å². The van der Waals surface area contributed by atoms with Crippen LogP contribution in [0.25, 0.3) is 11.2 Å². The molecule has 122 valence electrons. The molecule has 0 bridgehead atoms. The Morgan fingerprint density at radius 3 is 3.04 bits per heavy atom. The fraction of sp³-hybridized carbons (Fsp3) is 0.562. The topological polar surface area (TPSA) is 91.1 Å². The molecular formula is C16H20N4O3. The number of pyridine rings is 1. The van der Waals surface area contributed by atoms with Crippen molar-refractivity contribution in [2.45, 2.75) is 31.7 Å². The number of carbonyl (C=O) groups excluding carboxylic acids is 1. The molecule has 1 aliphatic heterocycles. The van der Waals surface area contributed by atoms with E-state index in [4.69, 9.17) is 4.74 Å². The average molecular weight is 316 g/mol. The van der Waals surface area contributed by atoms with Crippen LogP contribution in [0.2, 0.25) is 0 Å². The number of hydrogen-bond acceptors (Lipinski definition) is 4. The molecule has 1 amide bonds. The van der Waals surface area contributed by atoms with Crippen molar-refractivity contribution in [3.05, 3.63) is 28.3 Å². The van der Waals surface area contributed by atoms with Gasteiger partial charge in [0, 0.05) is 12.7 Å². The van der Waals surface area contributed by atoms with Gasteiger partial charge in [0.05, 0.1) is 30.3 Å². The van der Waals surface area contributed by atoms with Gasteiger partial charge in [-0.2, -0.15) is 0 Å². The molecule has 2 aliphatic rings. The zero-order valence-electron chi connectivity index (χ0n) is 12.9. The van der Waals surface area contributed by atoms with Gasteiger partial charge in [0.1, 0.15) is 0 Å². The molecule has 1 atom stereocenters. The van der Waals surface area contributed by atoms with Gasteiger partial charge in [-0.25, -0.2) is 9.78 Å². The summed E-state index contributed by atoms with van der Waals surface area (Å²) in [6, 6.07) is 1.83. The highest BCUT2D eigenvalue weighted by Gasteiger charge is 2.32. The molecule has 2 fully saturated rings. The van der Waals surface area contributed by atoms with Crippen LogP contribution < -0.4 is 5.69 Å². The Labute approximate surface area is 133 Å². The smallest absolute Gasteiger partial charge is 0.325 e.